The molecule has 0 spiro atoms. The molecule has 8 atom stereocenters. The minimum absolute atomic E-state index is 0.0261. The van der Waals surface area contributed by atoms with Gasteiger partial charge in [-0.1, -0.05) is 61.6 Å². The molecule has 4 aliphatic rings. The monoisotopic (exact) mass is 1050 g/mol. The summed E-state index contributed by atoms with van der Waals surface area (Å²) < 4.78 is 53.7. The van der Waals surface area contributed by atoms with Crippen LogP contribution in [0.15, 0.2) is 66.9 Å². The number of esters is 2. The lowest BCUT2D eigenvalue weighted by Gasteiger charge is -2.38. The summed E-state index contributed by atoms with van der Waals surface area (Å²) in [4.78, 5) is 81.8. The standard InChI is InChI=1S/C57H74F2N6O9Si/c1-35(71-3)42(32-52(67)73-5)56(69)63-23-9-11-49(63)51(66)29-37-13-15-39(16-14-37)47-21-22-48(65(47)41-30-44(58)54(45(59)31-41)62-25-27-75(7,8)28-26-62)40-19-17-38(18-20-40)46-34-60-55(61-46)50-12-10-24-64(50)57(70)43(36(2)72-4)33-53(68)74-6/h13-20,30-31,34-36,42-43,47-50H,9-12,21-29,32-33H2,1-8H3,(H,60,61)/t35-,36-,42+,43+,47+,48+,49?,50+/m1/s1. The number of hydrogen-bond acceptors (Lipinski definition) is 12. The number of ether oxygens (including phenoxy) is 4. The Labute approximate surface area is 440 Å². The smallest absolute Gasteiger partial charge is 0.306 e. The summed E-state index contributed by atoms with van der Waals surface area (Å²) in [7, 11) is 4.18. The van der Waals surface area contributed by atoms with Gasteiger partial charge in [-0.15, -0.1) is 0 Å². The van der Waals surface area contributed by atoms with E-state index in [-0.39, 0.29) is 60.7 Å². The summed E-state index contributed by atoms with van der Waals surface area (Å²) in [5, 5.41) is 0. The number of anilines is 2. The number of benzene rings is 3. The van der Waals surface area contributed by atoms with E-state index in [1.807, 2.05) is 53.4 Å². The molecule has 18 heteroatoms. The molecule has 75 heavy (non-hydrogen) atoms. The normalized spacial score (nSPS) is 22.2. The van der Waals surface area contributed by atoms with Crippen LogP contribution in [-0.4, -0.2) is 130 Å². The number of nitrogens with one attached hydrogen (secondary N) is 1. The third kappa shape index (κ3) is 12.2. The van der Waals surface area contributed by atoms with Crippen molar-refractivity contribution in [2.45, 2.75) is 133 Å². The maximum absolute atomic E-state index is 16.5. The highest BCUT2D eigenvalue weighted by molar-refractivity contribution is 6.77. The van der Waals surface area contributed by atoms with Gasteiger partial charge in [-0.05, 0) is 98.8 Å². The van der Waals surface area contributed by atoms with Gasteiger partial charge in [0.25, 0.3) is 0 Å². The molecule has 404 valence electrons. The van der Waals surface area contributed by atoms with Gasteiger partial charge in [-0.3, -0.25) is 24.0 Å². The Hall–Kier alpha value is -5.98. The molecule has 5 heterocycles. The van der Waals surface area contributed by atoms with Crippen LogP contribution in [0, 0.1) is 23.5 Å². The first-order chi connectivity index (χ1) is 35.9. The van der Waals surface area contributed by atoms with Gasteiger partial charge in [0, 0.05) is 52.5 Å². The number of H-pyrrole nitrogens is 1. The van der Waals surface area contributed by atoms with Crippen LogP contribution in [-0.2, 0) is 49.3 Å². The van der Waals surface area contributed by atoms with Crippen LogP contribution in [0.25, 0.3) is 11.3 Å². The molecular weight excluding hydrogens is 979 g/mol. The molecule has 15 nitrogen and oxygen atoms in total. The largest absolute Gasteiger partial charge is 0.469 e. The number of hydrogen-bond donors (Lipinski definition) is 1. The minimum atomic E-state index is -1.41. The number of halogens is 2. The Morgan fingerprint density at radius 3 is 1.76 bits per heavy atom. The van der Waals surface area contributed by atoms with Crippen LogP contribution in [0.4, 0.5) is 20.2 Å². The third-order valence-corrected chi connectivity index (χ3v) is 19.7. The molecular formula is C57H74F2N6O9Si. The van der Waals surface area contributed by atoms with E-state index in [1.165, 1.54) is 40.6 Å². The first kappa shape index (κ1) is 55.3. The highest BCUT2D eigenvalue weighted by atomic mass is 28.3. The predicted molar refractivity (Wildman–Crippen MR) is 284 cm³/mol. The molecule has 8 rings (SSSR count). The number of aromatic nitrogens is 2. The second-order valence-electron chi connectivity index (χ2n) is 21.6. The van der Waals surface area contributed by atoms with Gasteiger partial charge in [0.15, 0.2) is 17.4 Å². The van der Waals surface area contributed by atoms with E-state index < -0.39 is 61.7 Å². The van der Waals surface area contributed by atoms with Crippen molar-refractivity contribution in [2.24, 2.45) is 11.8 Å². The van der Waals surface area contributed by atoms with Gasteiger partial charge in [-0.2, -0.15) is 0 Å². The predicted octanol–water partition coefficient (Wildman–Crippen LogP) is 9.16. The fraction of sp³-hybridized carbons (Fsp3) is 0.544. The van der Waals surface area contributed by atoms with Crippen LogP contribution < -0.4 is 9.80 Å². The molecule has 3 aromatic carbocycles. The number of rotatable bonds is 19. The SMILES string of the molecule is COC(=O)C[C@H](C(=O)N1CCCC1C(=O)Cc1ccc([C@@H]2CC[C@@H](c3ccc(-c4cnc([C@@H]5CCCN5C(=O)[C@@H](CC(=O)OC)[C@@H](C)OC)[nH]4)cc3)N2c2cc(F)c(N3CC[Si](C)(C)CC3)c(F)c2)cc1)[C@@H](C)OC. The zero-order valence-corrected chi connectivity index (χ0v) is 45.7. The van der Waals surface area contributed by atoms with Gasteiger partial charge < -0.3 is 43.5 Å². The van der Waals surface area contributed by atoms with Crippen molar-refractivity contribution < 1.29 is 51.7 Å². The number of likely N-dealkylation sites (tertiary alicyclic amines) is 2. The van der Waals surface area contributed by atoms with E-state index in [4.69, 9.17) is 23.9 Å². The molecule has 0 radical (unpaired) electrons. The first-order valence-corrected chi connectivity index (χ1v) is 30.0. The van der Waals surface area contributed by atoms with Crippen molar-refractivity contribution in [1.82, 2.24) is 19.8 Å². The number of nitrogens with zero attached hydrogens (tertiary/aromatic N) is 5. The molecule has 4 saturated heterocycles. The molecule has 4 aliphatic heterocycles. The number of imidazole rings is 1. The molecule has 0 saturated carbocycles. The van der Waals surface area contributed by atoms with Crippen molar-refractivity contribution in [3.8, 4) is 11.3 Å². The molecule has 0 aliphatic carbocycles. The number of methoxy groups -OCH3 is 4. The Morgan fingerprint density at radius 2 is 1.21 bits per heavy atom. The molecule has 4 aromatic rings. The number of ketones is 1. The first-order valence-electron chi connectivity index (χ1n) is 26.5. The average molecular weight is 1050 g/mol. The van der Waals surface area contributed by atoms with Crippen LogP contribution in [0.1, 0.15) is 106 Å². The Kier molecular flexibility index (Phi) is 17.6. The van der Waals surface area contributed by atoms with Gasteiger partial charge in [-0.25, -0.2) is 13.8 Å². The lowest BCUT2D eigenvalue weighted by atomic mass is 9.95. The van der Waals surface area contributed by atoms with E-state index in [2.05, 4.69) is 23.0 Å². The third-order valence-electron chi connectivity index (χ3n) is 16.6. The second-order valence-corrected chi connectivity index (χ2v) is 27.0. The topological polar surface area (TPSA) is 164 Å². The summed E-state index contributed by atoms with van der Waals surface area (Å²) in [5.41, 5.74) is 4.80. The van der Waals surface area contributed by atoms with E-state index in [0.717, 1.165) is 46.5 Å². The lowest BCUT2D eigenvalue weighted by molar-refractivity contribution is -0.151. The zero-order chi connectivity index (χ0) is 53.7. The minimum Gasteiger partial charge on any atom is -0.469 e. The zero-order valence-electron chi connectivity index (χ0n) is 44.7. The van der Waals surface area contributed by atoms with Crippen LogP contribution in [0.3, 0.4) is 0 Å². The molecule has 4 fully saturated rings. The van der Waals surface area contributed by atoms with Crippen molar-refractivity contribution in [3.05, 3.63) is 101 Å². The van der Waals surface area contributed by atoms with Crippen LogP contribution in [0.5, 0.6) is 0 Å². The summed E-state index contributed by atoms with van der Waals surface area (Å²) in [6, 6.07) is 19.4. The maximum atomic E-state index is 16.5. The Bertz CT molecular complexity index is 2650. The fourth-order valence-electron chi connectivity index (χ4n) is 11.7. The van der Waals surface area contributed by atoms with Crippen molar-refractivity contribution >= 4 is 49.0 Å². The maximum Gasteiger partial charge on any atom is 0.306 e. The molecule has 2 amide bonds. The molecule has 1 aromatic heterocycles. The van der Waals surface area contributed by atoms with Crippen molar-refractivity contribution in [2.75, 3.05) is 64.4 Å². The van der Waals surface area contributed by atoms with Gasteiger partial charge in [0.2, 0.25) is 11.8 Å². The van der Waals surface area contributed by atoms with Crippen molar-refractivity contribution in [1.29, 1.82) is 0 Å². The average Bonchev–Trinajstić information content (AvgIpc) is 4.27. The van der Waals surface area contributed by atoms with Crippen LogP contribution >= 0.6 is 0 Å². The summed E-state index contributed by atoms with van der Waals surface area (Å²) in [6.07, 6.45) is 4.66. The fourth-order valence-corrected chi connectivity index (χ4v) is 13.7. The van der Waals surface area contributed by atoms with Gasteiger partial charge >= 0.3 is 11.9 Å². The van der Waals surface area contributed by atoms with E-state index in [0.29, 0.717) is 69.8 Å². The summed E-state index contributed by atoms with van der Waals surface area (Å²) in [6.45, 7) is 10.3. The second kappa shape index (κ2) is 23.9. The summed E-state index contributed by atoms with van der Waals surface area (Å²) >= 11 is 0. The number of carbonyl (C=O) groups is 5. The van der Waals surface area contributed by atoms with E-state index in [9.17, 15) is 24.0 Å². The lowest BCUT2D eigenvalue weighted by Crippen LogP contribution is -2.47. The number of carbonyl (C=O) groups excluding carboxylic acids is 5. The quantitative estimate of drug-likeness (QED) is 0.0701. The molecule has 0 bridgehead atoms. The van der Waals surface area contributed by atoms with E-state index in [1.54, 1.807) is 29.8 Å². The van der Waals surface area contributed by atoms with Gasteiger partial charge in [0.05, 0.1) is 95.2 Å². The highest BCUT2D eigenvalue weighted by Gasteiger charge is 2.42. The van der Waals surface area contributed by atoms with Crippen molar-refractivity contribution in [3.63, 3.8) is 0 Å². The Balaban J connectivity index is 1.03. The Morgan fingerprint density at radius 1 is 0.693 bits per heavy atom. The highest BCUT2D eigenvalue weighted by Crippen LogP contribution is 2.49. The van der Waals surface area contributed by atoms with Gasteiger partial charge in [0.1, 0.15) is 11.5 Å². The molecule has 1 unspecified atom stereocenters. The molecule has 1 N–H and O–H groups in total. The number of amides is 2. The van der Waals surface area contributed by atoms with Crippen LogP contribution in [0.2, 0.25) is 25.2 Å². The summed E-state index contributed by atoms with van der Waals surface area (Å²) in [5.74, 6) is -3.58. The number of aromatic amines is 1. The van der Waals surface area contributed by atoms with E-state index >= 15 is 8.78 Å². The number of Topliss-reactive ketones (excluding diaryl/α,β-unsaturated/α-hetero) is 1.